The molecule has 0 unspecified atom stereocenters. The van der Waals surface area contributed by atoms with Crippen molar-refractivity contribution in [3.8, 4) is 0 Å². The van der Waals surface area contributed by atoms with Gasteiger partial charge in [0.15, 0.2) is 5.60 Å². The summed E-state index contributed by atoms with van der Waals surface area (Å²) < 4.78 is 50.7. The van der Waals surface area contributed by atoms with E-state index in [1.54, 1.807) is 19.1 Å². The van der Waals surface area contributed by atoms with Crippen molar-refractivity contribution in [3.63, 3.8) is 0 Å². The molecule has 2 aromatic carbocycles. The summed E-state index contributed by atoms with van der Waals surface area (Å²) in [5.74, 6) is 0. The highest BCUT2D eigenvalue weighted by atomic mass is 32.2. The average Bonchev–Trinajstić information content (AvgIpc) is 2.56. The van der Waals surface area contributed by atoms with Gasteiger partial charge in [0.25, 0.3) is 0 Å². The smallest absolute Gasteiger partial charge is 0.364 e. The minimum atomic E-state index is -4.55. The normalized spacial score (nSPS) is 17.2. The van der Waals surface area contributed by atoms with Crippen LogP contribution in [0.2, 0.25) is 0 Å². The molecule has 0 aromatic heterocycles. The molecule has 124 valence electrons. The van der Waals surface area contributed by atoms with Crippen LogP contribution in [0.15, 0.2) is 65.6 Å². The number of benzene rings is 2. The highest BCUT2D eigenvalue weighted by molar-refractivity contribution is 7.93. The molecule has 3 nitrogen and oxygen atoms in total. The fourth-order valence-electron chi connectivity index (χ4n) is 2.53. The quantitative estimate of drug-likeness (QED) is 0.821. The van der Waals surface area contributed by atoms with E-state index in [2.05, 4.69) is 0 Å². The first kappa shape index (κ1) is 17.6. The number of nitrogens with one attached hydrogen (secondary N) is 1. The predicted octanol–water partition coefficient (Wildman–Crippen LogP) is 4.37. The van der Waals surface area contributed by atoms with E-state index in [9.17, 15) is 9.32 Å². The van der Waals surface area contributed by atoms with Gasteiger partial charge in [-0.3, -0.25) is 0 Å². The van der Waals surface area contributed by atoms with Crippen LogP contribution >= 0.6 is 0 Å². The van der Waals surface area contributed by atoms with Crippen molar-refractivity contribution in [3.05, 3.63) is 66.2 Å². The highest BCUT2D eigenvalue weighted by Crippen LogP contribution is 2.47. The van der Waals surface area contributed by atoms with Gasteiger partial charge in [-0.1, -0.05) is 61.9 Å². The van der Waals surface area contributed by atoms with Crippen LogP contribution in [0, 0.1) is 4.78 Å². The lowest BCUT2D eigenvalue weighted by Gasteiger charge is -2.37. The third-order valence-electron chi connectivity index (χ3n) is 3.78. The maximum Gasteiger partial charge on any atom is 0.364 e. The van der Waals surface area contributed by atoms with Crippen molar-refractivity contribution < 1.29 is 18.1 Å². The molecule has 2 rings (SSSR count). The Labute approximate surface area is 135 Å². The zero-order chi connectivity index (χ0) is 17.1. The number of rotatable bonds is 6. The van der Waals surface area contributed by atoms with Gasteiger partial charge >= 0.3 is 5.25 Å². The van der Waals surface area contributed by atoms with E-state index in [1.165, 1.54) is 48.5 Å². The molecule has 0 aliphatic heterocycles. The fraction of sp³-hybridized carbons (Fsp3) is 0.294. The second-order valence-electron chi connectivity index (χ2n) is 5.36. The average molecular weight is 339 g/mol. The van der Waals surface area contributed by atoms with Gasteiger partial charge in [-0.2, -0.15) is 8.78 Å². The molecule has 0 aliphatic carbocycles. The third-order valence-corrected chi connectivity index (χ3v) is 5.78. The molecule has 6 heteroatoms. The summed E-state index contributed by atoms with van der Waals surface area (Å²) in [6.45, 7) is 1.65. The van der Waals surface area contributed by atoms with Gasteiger partial charge in [0.05, 0.1) is 4.90 Å². The first-order valence-electron chi connectivity index (χ1n) is 7.26. The first-order valence-corrected chi connectivity index (χ1v) is 8.82. The molecule has 0 fully saturated rings. The maximum absolute atomic E-state index is 15.1. The van der Waals surface area contributed by atoms with Crippen molar-refractivity contribution in [1.29, 1.82) is 4.78 Å². The monoisotopic (exact) mass is 339 g/mol. The van der Waals surface area contributed by atoms with Crippen molar-refractivity contribution in [2.75, 3.05) is 0 Å². The molecule has 23 heavy (non-hydrogen) atoms. The van der Waals surface area contributed by atoms with Crippen molar-refractivity contribution in [2.45, 2.75) is 35.5 Å². The summed E-state index contributed by atoms with van der Waals surface area (Å²) in [6.07, 6.45) is -0.0436. The Balaban J connectivity index is 2.62. The summed E-state index contributed by atoms with van der Waals surface area (Å²) in [4.78, 5) is -0.296. The van der Waals surface area contributed by atoms with E-state index in [0.717, 1.165) is 0 Å². The molecule has 0 bridgehead atoms. The molecule has 2 aromatic rings. The van der Waals surface area contributed by atoms with E-state index in [-0.39, 0.29) is 23.3 Å². The van der Waals surface area contributed by atoms with Gasteiger partial charge in [0.1, 0.15) is 9.73 Å². The van der Waals surface area contributed by atoms with Crippen LogP contribution in [0.25, 0.3) is 0 Å². The molecule has 2 N–H and O–H groups in total. The number of aliphatic hydroxyl groups is 1. The minimum Gasteiger partial charge on any atom is -0.378 e. The lowest BCUT2D eigenvalue weighted by Crippen LogP contribution is -2.50. The Hall–Kier alpha value is -1.79. The second kappa shape index (κ2) is 6.37. The molecular formula is C17H19F2NO2S. The predicted molar refractivity (Wildman–Crippen MR) is 85.8 cm³/mol. The van der Waals surface area contributed by atoms with Gasteiger partial charge in [-0.25, -0.2) is 8.99 Å². The third kappa shape index (κ3) is 2.88. The van der Waals surface area contributed by atoms with Crippen molar-refractivity contribution in [2.24, 2.45) is 0 Å². The van der Waals surface area contributed by atoms with Gasteiger partial charge in [0.2, 0.25) is 0 Å². The zero-order valence-electron chi connectivity index (χ0n) is 12.7. The van der Waals surface area contributed by atoms with Crippen LogP contribution in [0.4, 0.5) is 8.78 Å². The minimum absolute atomic E-state index is 0.0391. The molecule has 0 heterocycles. The highest BCUT2D eigenvalue weighted by Gasteiger charge is 2.60. The molecule has 0 saturated carbocycles. The van der Waals surface area contributed by atoms with Crippen LogP contribution in [-0.4, -0.2) is 14.6 Å². The van der Waals surface area contributed by atoms with Crippen LogP contribution in [0.3, 0.4) is 0 Å². The van der Waals surface area contributed by atoms with E-state index in [4.69, 9.17) is 4.78 Å². The van der Waals surface area contributed by atoms with Gasteiger partial charge in [-0.05, 0) is 24.1 Å². The molecule has 0 aliphatic rings. The lowest BCUT2D eigenvalue weighted by atomic mass is 9.89. The molecule has 2 atom stereocenters. The standard InChI is InChI=1S/C17H19F2NO2S/c1-2-13-16(21,14-9-5-3-6-10-14)17(18,19)23(20,22)15-11-7-4-8-12-15/h3-12,20-21H,2,13H2,1H3/t16-,23+/m0/s1. The molecule has 0 spiro atoms. The Morgan fingerprint density at radius 2 is 1.52 bits per heavy atom. The van der Waals surface area contributed by atoms with Crippen LogP contribution in [-0.2, 0) is 15.3 Å². The summed E-state index contributed by atoms with van der Waals surface area (Å²) in [5, 5.41) is 6.62. The summed E-state index contributed by atoms with van der Waals surface area (Å²) >= 11 is 0. The Morgan fingerprint density at radius 3 is 2.00 bits per heavy atom. The van der Waals surface area contributed by atoms with Crippen molar-refractivity contribution in [1.82, 2.24) is 0 Å². The van der Waals surface area contributed by atoms with Crippen LogP contribution < -0.4 is 0 Å². The fourth-order valence-corrected chi connectivity index (χ4v) is 4.06. The van der Waals surface area contributed by atoms with Gasteiger partial charge in [-0.15, -0.1) is 0 Å². The van der Waals surface area contributed by atoms with Gasteiger partial charge < -0.3 is 5.11 Å². The largest absolute Gasteiger partial charge is 0.378 e. The number of halogens is 2. The number of hydrogen-bond acceptors (Lipinski definition) is 3. The van der Waals surface area contributed by atoms with E-state index in [1.807, 2.05) is 0 Å². The Morgan fingerprint density at radius 1 is 1.04 bits per heavy atom. The Kier molecular flexibility index (Phi) is 4.87. The Bertz CT molecular complexity index is 749. The zero-order valence-corrected chi connectivity index (χ0v) is 13.5. The molecule has 0 radical (unpaired) electrons. The van der Waals surface area contributed by atoms with E-state index < -0.39 is 20.6 Å². The molecule has 0 amide bonds. The topological polar surface area (TPSA) is 61.1 Å². The summed E-state index contributed by atoms with van der Waals surface area (Å²) in [6, 6.07) is 14.4. The molecular weight excluding hydrogens is 320 g/mol. The van der Waals surface area contributed by atoms with Gasteiger partial charge in [0, 0.05) is 0 Å². The molecule has 0 saturated heterocycles. The maximum atomic E-state index is 15.1. The lowest BCUT2D eigenvalue weighted by molar-refractivity contribution is -0.136. The summed E-state index contributed by atoms with van der Waals surface area (Å²) in [7, 11) is -4.55. The first-order chi connectivity index (χ1) is 10.8. The number of alkyl halides is 2. The van der Waals surface area contributed by atoms with E-state index in [0.29, 0.717) is 0 Å². The van der Waals surface area contributed by atoms with Crippen molar-refractivity contribution >= 4 is 9.73 Å². The SMILES string of the molecule is CCC[C@](O)(c1ccccc1)C(F)(F)[S@](=N)(=O)c1ccccc1. The van der Waals surface area contributed by atoms with E-state index >= 15 is 8.78 Å². The van der Waals surface area contributed by atoms with Crippen LogP contribution in [0.5, 0.6) is 0 Å². The van der Waals surface area contributed by atoms with Crippen LogP contribution in [0.1, 0.15) is 25.3 Å². The number of hydrogen-bond donors (Lipinski definition) is 2. The summed E-state index contributed by atoms with van der Waals surface area (Å²) in [5.41, 5.74) is -2.71. The second-order valence-corrected chi connectivity index (χ2v) is 7.46.